The van der Waals surface area contributed by atoms with Gasteiger partial charge in [-0.25, -0.2) is 9.78 Å². The highest BCUT2D eigenvalue weighted by molar-refractivity contribution is 5.86. The summed E-state index contributed by atoms with van der Waals surface area (Å²) >= 11 is 0. The lowest BCUT2D eigenvalue weighted by Gasteiger charge is -2.22. The molecule has 0 aliphatic heterocycles. The Kier molecular flexibility index (Phi) is 1.83. The van der Waals surface area contributed by atoms with E-state index in [9.17, 15) is 4.79 Å². The van der Waals surface area contributed by atoms with Crippen LogP contribution >= 0.6 is 0 Å². The van der Waals surface area contributed by atoms with Crippen LogP contribution in [0, 0.1) is 6.92 Å². The fraction of sp³-hybridized carbons (Fsp3) is 0.556. The Hall–Kier alpha value is -1.32. The third-order valence-electron chi connectivity index (χ3n) is 2.60. The summed E-state index contributed by atoms with van der Waals surface area (Å²) in [5.41, 5.74) is 0.830. The van der Waals surface area contributed by atoms with Crippen LogP contribution in [0.4, 0.5) is 0 Å². The van der Waals surface area contributed by atoms with Gasteiger partial charge in [-0.3, -0.25) is 0 Å². The number of nitrogens with one attached hydrogen (secondary N) is 1. The van der Waals surface area contributed by atoms with Gasteiger partial charge in [0.25, 0.3) is 0 Å². The summed E-state index contributed by atoms with van der Waals surface area (Å²) in [6.07, 6.45) is 3.49. The van der Waals surface area contributed by atoms with Crippen LogP contribution in [0.2, 0.25) is 0 Å². The minimum atomic E-state index is -0.945. The molecular weight excluding hydrogens is 168 g/mol. The van der Waals surface area contributed by atoms with E-state index in [-0.39, 0.29) is 5.69 Å². The number of rotatable bonds is 2. The molecule has 1 aromatic rings. The molecule has 4 heteroatoms. The average molecular weight is 180 g/mol. The number of H-pyrrole nitrogens is 1. The predicted molar refractivity (Wildman–Crippen MR) is 46.9 cm³/mol. The molecule has 0 saturated heterocycles. The van der Waals surface area contributed by atoms with Crippen molar-refractivity contribution in [2.24, 2.45) is 0 Å². The molecule has 1 aliphatic carbocycles. The minimum absolute atomic E-state index is 0.168. The van der Waals surface area contributed by atoms with Crippen LogP contribution in [0.25, 0.3) is 0 Å². The summed E-state index contributed by atoms with van der Waals surface area (Å²) in [6.45, 7) is 1.75. The number of aromatic carboxylic acids is 1. The average Bonchev–Trinajstić information content (AvgIpc) is 2.27. The van der Waals surface area contributed by atoms with Gasteiger partial charge in [0.1, 0.15) is 5.82 Å². The fourth-order valence-electron chi connectivity index (χ4n) is 1.57. The van der Waals surface area contributed by atoms with Crippen LogP contribution < -0.4 is 0 Å². The highest BCUT2D eigenvalue weighted by atomic mass is 16.4. The molecular formula is C9H12N2O2. The molecule has 1 aliphatic rings. The molecule has 13 heavy (non-hydrogen) atoms. The van der Waals surface area contributed by atoms with Crippen molar-refractivity contribution in [2.75, 3.05) is 0 Å². The smallest absolute Gasteiger partial charge is 0.356 e. The number of aryl methyl sites for hydroxylation is 1. The molecule has 4 nitrogen and oxygen atoms in total. The predicted octanol–water partition coefficient (Wildman–Crippen LogP) is 1.68. The van der Waals surface area contributed by atoms with Crippen molar-refractivity contribution in [2.45, 2.75) is 32.1 Å². The Balaban J connectivity index is 2.28. The largest absolute Gasteiger partial charge is 0.476 e. The zero-order valence-corrected chi connectivity index (χ0v) is 7.50. The first-order valence-electron chi connectivity index (χ1n) is 4.48. The lowest BCUT2D eigenvalue weighted by Crippen LogP contribution is -2.10. The normalized spacial score (nSPS) is 17.0. The van der Waals surface area contributed by atoms with Crippen LogP contribution in [-0.2, 0) is 0 Å². The molecule has 1 saturated carbocycles. The number of hydrogen-bond donors (Lipinski definition) is 2. The first-order chi connectivity index (χ1) is 6.18. The second-order valence-electron chi connectivity index (χ2n) is 3.53. The number of aromatic nitrogens is 2. The lowest BCUT2D eigenvalue weighted by molar-refractivity contribution is 0.0690. The van der Waals surface area contributed by atoms with Crippen molar-refractivity contribution in [1.29, 1.82) is 0 Å². The fourth-order valence-corrected chi connectivity index (χ4v) is 1.57. The summed E-state index contributed by atoms with van der Waals surface area (Å²) in [5.74, 6) is 0.368. The maximum Gasteiger partial charge on any atom is 0.356 e. The first kappa shape index (κ1) is 8.29. The number of carboxylic acid groups (broad SMARTS) is 1. The van der Waals surface area contributed by atoms with Gasteiger partial charge in [0, 0.05) is 11.6 Å². The number of hydrogen-bond acceptors (Lipinski definition) is 2. The Morgan fingerprint density at radius 1 is 1.62 bits per heavy atom. The van der Waals surface area contributed by atoms with E-state index in [0.29, 0.717) is 11.6 Å². The Labute approximate surface area is 76.0 Å². The van der Waals surface area contributed by atoms with Crippen molar-refractivity contribution >= 4 is 5.97 Å². The number of nitrogens with zero attached hydrogens (tertiary/aromatic N) is 1. The Bertz CT molecular complexity index is 339. The topological polar surface area (TPSA) is 66.0 Å². The van der Waals surface area contributed by atoms with E-state index in [1.807, 2.05) is 0 Å². The van der Waals surface area contributed by atoms with Gasteiger partial charge in [0.05, 0.1) is 0 Å². The van der Waals surface area contributed by atoms with Crippen LogP contribution in [0.5, 0.6) is 0 Å². The standard InChI is InChI=1S/C9H12N2O2/c1-5-7(9(12)13)11-8(10-5)6-3-2-4-6/h6H,2-4H2,1H3,(H,10,11)(H,12,13). The number of carbonyl (C=O) groups is 1. The molecule has 1 fully saturated rings. The van der Waals surface area contributed by atoms with E-state index >= 15 is 0 Å². The second kappa shape index (κ2) is 2.87. The van der Waals surface area contributed by atoms with Crippen molar-refractivity contribution < 1.29 is 9.90 Å². The number of aromatic amines is 1. The number of carboxylic acids is 1. The third kappa shape index (κ3) is 1.32. The molecule has 0 amide bonds. The highest BCUT2D eigenvalue weighted by Crippen LogP contribution is 2.34. The molecule has 1 heterocycles. The van der Waals surface area contributed by atoms with E-state index in [0.717, 1.165) is 18.7 Å². The van der Waals surface area contributed by atoms with Crippen molar-refractivity contribution in [3.63, 3.8) is 0 Å². The SMILES string of the molecule is Cc1[nH]c(C2CCC2)nc1C(=O)O. The first-order valence-corrected chi connectivity index (χ1v) is 4.48. The van der Waals surface area contributed by atoms with Crippen molar-refractivity contribution in [3.8, 4) is 0 Å². The maximum atomic E-state index is 10.7. The van der Waals surface area contributed by atoms with E-state index in [4.69, 9.17) is 5.11 Å². The van der Waals surface area contributed by atoms with Gasteiger partial charge in [0.15, 0.2) is 5.69 Å². The van der Waals surface area contributed by atoms with Gasteiger partial charge in [-0.15, -0.1) is 0 Å². The zero-order chi connectivity index (χ0) is 9.42. The third-order valence-corrected chi connectivity index (χ3v) is 2.60. The maximum absolute atomic E-state index is 10.7. The van der Waals surface area contributed by atoms with E-state index < -0.39 is 5.97 Å². The molecule has 2 rings (SSSR count). The monoisotopic (exact) mass is 180 g/mol. The summed E-state index contributed by atoms with van der Waals surface area (Å²) in [5, 5.41) is 8.77. The van der Waals surface area contributed by atoms with Gasteiger partial charge < -0.3 is 10.1 Å². The van der Waals surface area contributed by atoms with Gasteiger partial charge in [-0.05, 0) is 19.8 Å². The lowest BCUT2D eigenvalue weighted by atomic mass is 9.85. The Morgan fingerprint density at radius 3 is 2.69 bits per heavy atom. The molecule has 0 atom stereocenters. The Morgan fingerprint density at radius 2 is 2.31 bits per heavy atom. The quantitative estimate of drug-likeness (QED) is 0.727. The second-order valence-corrected chi connectivity index (χ2v) is 3.53. The molecule has 0 radical (unpaired) electrons. The van der Waals surface area contributed by atoms with E-state index in [1.165, 1.54) is 6.42 Å². The van der Waals surface area contributed by atoms with E-state index in [1.54, 1.807) is 6.92 Å². The summed E-state index contributed by atoms with van der Waals surface area (Å²) in [4.78, 5) is 17.8. The van der Waals surface area contributed by atoms with E-state index in [2.05, 4.69) is 9.97 Å². The molecule has 0 spiro atoms. The van der Waals surface area contributed by atoms with Crippen LogP contribution in [0.3, 0.4) is 0 Å². The van der Waals surface area contributed by atoms with Gasteiger partial charge >= 0.3 is 5.97 Å². The van der Waals surface area contributed by atoms with Crippen LogP contribution in [-0.4, -0.2) is 21.0 Å². The van der Waals surface area contributed by atoms with Crippen LogP contribution in [0.1, 0.15) is 47.2 Å². The van der Waals surface area contributed by atoms with Gasteiger partial charge in [-0.2, -0.15) is 0 Å². The van der Waals surface area contributed by atoms with Gasteiger partial charge in [0.2, 0.25) is 0 Å². The van der Waals surface area contributed by atoms with Crippen molar-refractivity contribution in [3.05, 3.63) is 17.2 Å². The molecule has 70 valence electrons. The van der Waals surface area contributed by atoms with Crippen LogP contribution in [0.15, 0.2) is 0 Å². The summed E-state index contributed by atoms with van der Waals surface area (Å²) < 4.78 is 0. The zero-order valence-electron chi connectivity index (χ0n) is 7.50. The molecule has 0 bridgehead atoms. The van der Waals surface area contributed by atoms with Crippen molar-refractivity contribution in [1.82, 2.24) is 9.97 Å². The molecule has 1 aromatic heterocycles. The molecule has 0 aromatic carbocycles. The summed E-state index contributed by atoms with van der Waals surface area (Å²) in [7, 11) is 0. The summed E-state index contributed by atoms with van der Waals surface area (Å²) in [6, 6.07) is 0. The molecule has 2 N–H and O–H groups in total. The molecule has 0 unspecified atom stereocenters. The minimum Gasteiger partial charge on any atom is -0.476 e. The van der Waals surface area contributed by atoms with Gasteiger partial charge in [-0.1, -0.05) is 6.42 Å². The highest BCUT2D eigenvalue weighted by Gasteiger charge is 2.24. The number of imidazole rings is 1.